The molecule has 0 radical (unpaired) electrons. The third-order valence-corrected chi connectivity index (χ3v) is 1.44. The molecule has 0 spiro atoms. The molecule has 0 aliphatic carbocycles. The highest BCUT2D eigenvalue weighted by atomic mass is 19.1. The van der Waals surface area contributed by atoms with Gasteiger partial charge in [-0.05, 0) is 18.6 Å². The highest BCUT2D eigenvalue weighted by molar-refractivity contribution is 5.61. The van der Waals surface area contributed by atoms with Gasteiger partial charge in [0.05, 0.1) is 5.69 Å². The molecular formula is C8H12FN3. The minimum absolute atomic E-state index is 0.250. The maximum absolute atomic E-state index is 11.8. The summed E-state index contributed by atoms with van der Waals surface area (Å²) in [5.41, 5.74) is 7.17. The van der Waals surface area contributed by atoms with Crippen LogP contribution in [0.2, 0.25) is 0 Å². The third kappa shape index (κ3) is 2.08. The molecular weight excluding hydrogens is 157 g/mol. The van der Waals surface area contributed by atoms with Crippen molar-refractivity contribution < 1.29 is 4.39 Å². The summed E-state index contributed by atoms with van der Waals surface area (Å²) >= 11 is 0. The number of nitrogen functional groups attached to an aromatic ring is 1. The van der Waals surface area contributed by atoms with Gasteiger partial charge in [0.2, 0.25) is 0 Å². The van der Waals surface area contributed by atoms with Gasteiger partial charge < -0.3 is 11.1 Å². The van der Waals surface area contributed by atoms with Crippen LogP contribution < -0.4 is 11.1 Å². The Morgan fingerprint density at radius 1 is 1.67 bits per heavy atom. The molecule has 3 N–H and O–H groups in total. The number of aryl methyl sites for hydroxylation is 1. The van der Waals surface area contributed by atoms with E-state index in [0.29, 0.717) is 11.5 Å². The SMILES string of the molecule is Cc1cnc(NCCF)c(N)c1. The van der Waals surface area contributed by atoms with E-state index in [-0.39, 0.29) is 6.54 Å². The predicted molar refractivity (Wildman–Crippen MR) is 47.9 cm³/mol. The van der Waals surface area contributed by atoms with Gasteiger partial charge in [-0.15, -0.1) is 0 Å². The fraction of sp³-hybridized carbons (Fsp3) is 0.375. The normalized spacial score (nSPS) is 9.83. The Kier molecular flexibility index (Phi) is 2.85. The Hall–Kier alpha value is -1.32. The molecule has 0 aliphatic rings. The van der Waals surface area contributed by atoms with Crippen LogP contribution in [0.1, 0.15) is 5.56 Å². The van der Waals surface area contributed by atoms with Gasteiger partial charge in [0.15, 0.2) is 0 Å². The van der Waals surface area contributed by atoms with Crippen LogP contribution in [-0.4, -0.2) is 18.2 Å². The van der Waals surface area contributed by atoms with Crippen molar-refractivity contribution in [2.24, 2.45) is 0 Å². The zero-order chi connectivity index (χ0) is 8.97. The highest BCUT2D eigenvalue weighted by Gasteiger charge is 1.98. The molecule has 0 atom stereocenters. The van der Waals surface area contributed by atoms with Crippen LogP contribution in [0, 0.1) is 6.92 Å². The van der Waals surface area contributed by atoms with Crippen molar-refractivity contribution in [2.75, 3.05) is 24.3 Å². The molecule has 0 aromatic carbocycles. The summed E-state index contributed by atoms with van der Waals surface area (Å²) in [6.07, 6.45) is 1.69. The number of hydrogen-bond donors (Lipinski definition) is 2. The van der Waals surface area contributed by atoms with Crippen molar-refractivity contribution >= 4 is 11.5 Å². The Morgan fingerprint density at radius 3 is 3.00 bits per heavy atom. The average molecular weight is 169 g/mol. The van der Waals surface area contributed by atoms with Crippen LogP contribution in [0.3, 0.4) is 0 Å². The van der Waals surface area contributed by atoms with Crippen molar-refractivity contribution in [1.82, 2.24) is 4.98 Å². The lowest BCUT2D eigenvalue weighted by molar-refractivity contribution is 0.512. The molecule has 0 saturated heterocycles. The number of nitrogens with two attached hydrogens (primary N) is 1. The summed E-state index contributed by atoms with van der Waals surface area (Å²) in [5, 5.41) is 2.78. The Bertz CT molecular complexity index is 262. The predicted octanol–water partition coefficient (Wildman–Crippen LogP) is 1.35. The van der Waals surface area contributed by atoms with Crippen LogP contribution in [0.4, 0.5) is 15.9 Å². The Labute approximate surface area is 70.8 Å². The number of anilines is 2. The van der Waals surface area contributed by atoms with Crippen molar-refractivity contribution in [3.63, 3.8) is 0 Å². The summed E-state index contributed by atoms with van der Waals surface area (Å²) in [6.45, 7) is 1.73. The van der Waals surface area contributed by atoms with Crippen molar-refractivity contribution in [3.8, 4) is 0 Å². The number of nitrogens with one attached hydrogen (secondary N) is 1. The number of nitrogens with zero attached hydrogens (tertiary/aromatic N) is 1. The molecule has 3 nitrogen and oxygen atoms in total. The van der Waals surface area contributed by atoms with Gasteiger partial charge >= 0.3 is 0 Å². The van der Waals surface area contributed by atoms with E-state index in [2.05, 4.69) is 10.3 Å². The molecule has 66 valence electrons. The first-order chi connectivity index (χ1) is 5.74. The Balaban J connectivity index is 2.72. The van der Waals surface area contributed by atoms with E-state index in [1.54, 1.807) is 12.3 Å². The number of halogens is 1. The smallest absolute Gasteiger partial charge is 0.149 e. The van der Waals surface area contributed by atoms with Gasteiger partial charge in [0.25, 0.3) is 0 Å². The number of pyridine rings is 1. The van der Waals surface area contributed by atoms with Crippen LogP contribution in [0.25, 0.3) is 0 Å². The highest BCUT2D eigenvalue weighted by Crippen LogP contribution is 2.14. The molecule has 1 heterocycles. The first-order valence-electron chi connectivity index (χ1n) is 3.76. The minimum atomic E-state index is -0.422. The van der Waals surface area contributed by atoms with Crippen LogP contribution >= 0.6 is 0 Å². The summed E-state index contributed by atoms with van der Waals surface area (Å²) in [6, 6.07) is 1.80. The molecule has 0 aliphatic heterocycles. The van der Waals surface area contributed by atoms with E-state index in [1.165, 1.54) is 0 Å². The van der Waals surface area contributed by atoms with E-state index in [1.807, 2.05) is 6.92 Å². The number of aromatic nitrogens is 1. The van der Waals surface area contributed by atoms with Crippen LogP contribution in [-0.2, 0) is 0 Å². The van der Waals surface area contributed by atoms with Crippen molar-refractivity contribution in [3.05, 3.63) is 17.8 Å². The fourth-order valence-corrected chi connectivity index (χ4v) is 0.905. The van der Waals surface area contributed by atoms with E-state index in [0.717, 1.165) is 5.56 Å². The average Bonchev–Trinajstić information content (AvgIpc) is 2.03. The van der Waals surface area contributed by atoms with Crippen LogP contribution in [0.15, 0.2) is 12.3 Å². The lowest BCUT2D eigenvalue weighted by Crippen LogP contribution is -2.07. The molecule has 0 bridgehead atoms. The van der Waals surface area contributed by atoms with Gasteiger partial charge in [-0.1, -0.05) is 0 Å². The largest absolute Gasteiger partial charge is 0.396 e. The molecule has 1 aromatic heterocycles. The molecule has 0 amide bonds. The van der Waals surface area contributed by atoms with E-state index >= 15 is 0 Å². The van der Waals surface area contributed by atoms with Gasteiger partial charge in [-0.25, -0.2) is 9.37 Å². The second kappa shape index (κ2) is 3.90. The first-order valence-corrected chi connectivity index (χ1v) is 3.76. The quantitative estimate of drug-likeness (QED) is 0.718. The summed E-state index contributed by atoms with van der Waals surface area (Å²) in [5.74, 6) is 0.554. The summed E-state index contributed by atoms with van der Waals surface area (Å²) in [4.78, 5) is 4.01. The van der Waals surface area contributed by atoms with Crippen molar-refractivity contribution in [2.45, 2.75) is 6.92 Å². The maximum atomic E-state index is 11.8. The first kappa shape index (κ1) is 8.77. The molecule has 1 rings (SSSR count). The van der Waals surface area contributed by atoms with Gasteiger partial charge in [-0.2, -0.15) is 0 Å². The second-order valence-corrected chi connectivity index (χ2v) is 2.57. The standard InChI is InChI=1S/C8H12FN3/c1-6-4-7(10)8(12-5-6)11-3-2-9/h4-5H,2-3,10H2,1H3,(H,11,12). The monoisotopic (exact) mass is 169 g/mol. The van der Waals surface area contributed by atoms with E-state index in [4.69, 9.17) is 5.73 Å². The molecule has 1 aromatic rings. The molecule has 4 heteroatoms. The second-order valence-electron chi connectivity index (χ2n) is 2.57. The van der Waals surface area contributed by atoms with E-state index in [9.17, 15) is 4.39 Å². The van der Waals surface area contributed by atoms with Crippen LogP contribution in [0.5, 0.6) is 0 Å². The van der Waals surface area contributed by atoms with Gasteiger partial charge in [-0.3, -0.25) is 0 Å². The number of rotatable bonds is 3. The lowest BCUT2D eigenvalue weighted by Gasteiger charge is -2.05. The Morgan fingerprint density at radius 2 is 2.42 bits per heavy atom. The number of alkyl halides is 1. The zero-order valence-electron chi connectivity index (χ0n) is 6.97. The van der Waals surface area contributed by atoms with Gasteiger partial charge in [0, 0.05) is 12.7 Å². The zero-order valence-corrected chi connectivity index (χ0v) is 6.97. The molecule has 0 unspecified atom stereocenters. The van der Waals surface area contributed by atoms with Crippen molar-refractivity contribution in [1.29, 1.82) is 0 Å². The summed E-state index contributed by atoms with van der Waals surface area (Å²) < 4.78 is 11.8. The molecule has 0 saturated carbocycles. The lowest BCUT2D eigenvalue weighted by atomic mass is 10.3. The van der Waals surface area contributed by atoms with E-state index < -0.39 is 6.67 Å². The maximum Gasteiger partial charge on any atom is 0.149 e. The number of hydrogen-bond acceptors (Lipinski definition) is 3. The fourth-order valence-electron chi connectivity index (χ4n) is 0.905. The topological polar surface area (TPSA) is 50.9 Å². The third-order valence-electron chi connectivity index (χ3n) is 1.44. The van der Waals surface area contributed by atoms with Gasteiger partial charge in [0.1, 0.15) is 12.5 Å². The molecule has 0 fully saturated rings. The molecule has 12 heavy (non-hydrogen) atoms. The minimum Gasteiger partial charge on any atom is -0.396 e. The summed E-state index contributed by atoms with van der Waals surface area (Å²) in [7, 11) is 0.